The number of rotatable bonds is 3. The summed E-state index contributed by atoms with van der Waals surface area (Å²) in [5.41, 5.74) is 3.00. The van der Waals surface area contributed by atoms with E-state index in [1.54, 1.807) is 13.8 Å². The van der Waals surface area contributed by atoms with Crippen LogP contribution >= 0.6 is 0 Å². The predicted octanol–water partition coefficient (Wildman–Crippen LogP) is 3.03. The van der Waals surface area contributed by atoms with E-state index in [0.29, 0.717) is 23.1 Å². The molecule has 0 fully saturated rings. The molecule has 0 radical (unpaired) electrons. The maximum atomic E-state index is 12.0. The number of Topliss-reactive ketones (excluding diaryl/α,β-unsaturated/α-hetero) is 1. The SMILES string of the molecule is CC1=CC(=O)C(C)=C(CCc2ccccc2)C1=O. The quantitative estimate of drug-likeness (QED) is 0.761. The van der Waals surface area contributed by atoms with E-state index in [4.69, 9.17) is 0 Å². The zero-order chi connectivity index (χ0) is 13.1. The number of carbonyl (C=O) groups excluding carboxylic acids is 2. The monoisotopic (exact) mass is 240 g/mol. The molecule has 1 aromatic carbocycles. The predicted molar refractivity (Wildman–Crippen MR) is 71.2 cm³/mol. The molecule has 2 nitrogen and oxygen atoms in total. The Morgan fingerprint density at radius 2 is 1.61 bits per heavy atom. The van der Waals surface area contributed by atoms with Crippen molar-refractivity contribution in [1.29, 1.82) is 0 Å². The Morgan fingerprint density at radius 3 is 2.28 bits per heavy atom. The summed E-state index contributed by atoms with van der Waals surface area (Å²) in [4.78, 5) is 23.7. The van der Waals surface area contributed by atoms with Gasteiger partial charge in [-0.2, -0.15) is 0 Å². The minimum atomic E-state index is -0.0323. The maximum absolute atomic E-state index is 12.0. The average molecular weight is 240 g/mol. The molecule has 0 heterocycles. The Bertz CT molecular complexity index is 548. The van der Waals surface area contributed by atoms with Crippen LogP contribution < -0.4 is 0 Å². The van der Waals surface area contributed by atoms with Gasteiger partial charge in [-0.15, -0.1) is 0 Å². The van der Waals surface area contributed by atoms with Crippen molar-refractivity contribution >= 4 is 11.6 Å². The highest BCUT2D eigenvalue weighted by Gasteiger charge is 2.22. The zero-order valence-electron chi connectivity index (χ0n) is 10.7. The van der Waals surface area contributed by atoms with E-state index in [9.17, 15) is 9.59 Å². The number of carbonyl (C=O) groups is 2. The summed E-state index contributed by atoms with van der Waals surface area (Å²) in [7, 11) is 0. The normalized spacial score (nSPS) is 16.0. The largest absolute Gasteiger partial charge is 0.290 e. The number of allylic oxidation sites excluding steroid dienone is 4. The van der Waals surface area contributed by atoms with Crippen molar-refractivity contribution in [3.8, 4) is 0 Å². The second-order valence-electron chi connectivity index (χ2n) is 4.61. The lowest BCUT2D eigenvalue weighted by Gasteiger charge is -2.14. The fourth-order valence-corrected chi connectivity index (χ4v) is 2.14. The van der Waals surface area contributed by atoms with Crippen LogP contribution in [-0.4, -0.2) is 11.6 Å². The van der Waals surface area contributed by atoms with Gasteiger partial charge in [0.25, 0.3) is 0 Å². The van der Waals surface area contributed by atoms with Gasteiger partial charge >= 0.3 is 0 Å². The summed E-state index contributed by atoms with van der Waals surface area (Å²) in [5, 5.41) is 0. The molecule has 0 atom stereocenters. The molecular formula is C16H16O2. The summed E-state index contributed by atoms with van der Waals surface area (Å²) in [6, 6.07) is 10.0. The van der Waals surface area contributed by atoms with Crippen molar-refractivity contribution < 1.29 is 9.59 Å². The highest BCUT2D eigenvalue weighted by atomic mass is 16.1. The van der Waals surface area contributed by atoms with E-state index in [1.807, 2.05) is 30.3 Å². The second-order valence-corrected chi connectivity index (χ2v) is 4.61. The van der Waals surface area contributed by atoms with E-state index >= 15 is 0 Å². The van der Waals surface area contributed by atoms with Crippen molar-refractivity contribution in [2.45, 2.75) is 26.7 Å². The van der Waals surface area contributed by atoms with Crippen molar-refractivity contribution in [2.75, 3.05) is 0 Å². The lowest BCUT2D eigenvalue weighted by molar-refractivity contribution is -0.115. The first-order chi connectivity index (χ1) is 8.59. The summed E-state index contributed by atoms with van der Waals surface area (Å²) in [5.74, 6) is -0.0156. The molecule has 0 amide bonds. The van der Waals surface area contributed by atoms with Gasteiger partial charge in [-0.05, 0) is 38.3 Å². The summed E-state index contributed by atoms with van der Waals surface area (Å²) < 4.78 is 0. The highest BCUT2D eigenvalue weighted by Crippen LogP contribution is 2.22. The molecule has 1 aromatic rings. The molecule has 0 bridgehead atoms. The van der Waals surface area contributed by atoms with Crippen LogP contribution in [-0.2, 0) is 16.0 Å². The van der Waals surface area contributed by atoms with Gasteiger partial charge in [0.2, 0.25) is 0 Å². The molecule has 2 rings (SSSR count). The molecule has 0 spiro atoms. The highest BCUT2D eigenvalue weighted by molar-refractivity contribution is 6.22. The minimum absolute atomic E-state index is 0.0167. The maximum Gasteiger partial charge on any atom is 0.185 e. The van der Waals surface area contributed by atoms with Gasteiger partial charge in [0.05, 0.1) is 0 Å². The number of benzene rings is 1. The van der Waals surface area contributed by atoms with Crippen molar-refractivity contribution in [3.63, 3.8) is 0 Å². The molecule has 0 unspecified atom stereocenters. The first-order valence-corrected chi connectivity index (χ1v) is 6.10. The smallest absolute Gasteiger partial charge is 0.185 e. The van der Waals surface area contributed by atoms with Gasteiger partial charge in [0.1, 0.15) is 0 Å². The topological polar surface area (TPSA) is 34.1 Å². The van der Waals surface area contributed by atoms with Crippen molar-refractivity contribution in [3.05, 3.63) is 58.7 Å². The summed E-state index contributed by atoms with van der Waals surface area (Å²) >= 11 is 0. The molecule has 0 saturated heterocycles. The van der Waals surface area contributed by atoms with E-state index in [-0.39, 0.29) is 11.6 Å². The van der Waals surface area contributed by atoms with Gasteiger partial charge in [-0.3, -0.25) is 9.59 Å². The van der Waals surface area contributed by atoms with Crippen molar-refractivity contribution in [2.24, 2.45) is 0 Å². The first kappa shape index (κ1) is 12.5. The van der Waals surface area contributed by atoms with Crippen LogP contribution in [0.4, 0.5) is 0 Å². The third-order valence-corrected chi connectivity index (χ3v) is 3.31. The zero-order valence-corrected chi connectivity index (χ0v) is 10.7. The molecule has 1 aliphatic rings. The Morgan fingerprint density at radius 1 is 0.944 bits per heavy atom. The van der Waals surface area contributed by atoms with E-state index in [0.717, 1.165) is 6.42 Å². The van der Waals surface area contributed by atoms with Gasteiger partial charge < -0.3 is 0 Å². The number of ketones is 2. The molecule has 0 aliphatic heterocycles. The van der Waals surface area contributed by atoms with E-state index in [1.165, 1.54) is 11.6 Å². The Hall–Kier alpha value is -1.96. The third-order valence-electron chi connectivity index (χ3n) is 3.31. The fourth-order valence-electron chi connectivity index (χ4n) is 2.14. The second kappa shape index (κ2) is 5.13. The van der Waals surface area contributed by atoms with Crippen molar-refractivity contribution in [1.82, 2.24) is 0 Å². The number of hydrogen-bond donors (Lipinski definition) is 0. The van der Waals surface area contributed by atoms with Gasteiger partial charge in [-0.25, -0.2) is 0 Å². The van der Waals surface area contributed by atoms with Gasteiger partial charge in [-0.1, -0.05) is 30.3 Å². The van der Waals surface area contributed by atoms with Gasteiger partial charge in [0, 0.05) is 16.7 Å². The number of hydrogen-bond acceptors (Lipinski definition) is 2. The van der Waals surface area contributed by atoms with Crippen LogP contribution in [0.5, 0.6) is 0 Å². The standard InChI is InChI=1S/C16H16O2/c1-11-10-15(17)12(2)14(16(11)18)9-8-13-6-4-3-5-7-13/h3-7,10H,8-9H2,1-2H3. The Labute approximate surface area is 107 Å². The van der Waals surface area contributed by atoms with Crippen LogP contribution in [0.25, 0.3) is 0 Å². The molecular weight excluding hydrogens is 224 g/mol. The van der Waals surface area contributed by atoms with Crippen LogP contribution in [0.3, 0.4) is 0 Å². The average Bonchev–Trinajstić information content (AvgIpc) is 2.38. The van der Waals surface area contributed by atoms with Crippen LogP contribution in [0.2, 0.25) is 0 Å². The summed E-state index contributed by atoms with van der Waals surface area (Å²) in [6.07, 6.45) is 2.86. The fraction of sp³-hybridized carbons (Fsp3) is 0.250. The lowest BCUT2D eigenvalue weighted by atomic mass is 9.87. The summed E-state index contributed by atoms with van der Waals surface area (Å²) in [6.45, 7) is 3.44. The molecule has 92 valence electrons. The van der Waals surface area contributed by atoms with E-state index < -0.39 is 0 Å². The molecule has 0 N–H and O–H groups in total. The minimum Gasteiger partial charge on any atom is -0.290 e. The molecule has 2 heteroatoms. The van der Waals surface area contributed by atoms with Crippen LogP contribution in [0.1, 0.15) is 25.8 Å². The van der Waals surface area contributed by atoms with Crippen LogP contribution in [0, 0.1) is 0 Å². The first-order valence-electron chi connectivity index (χ1n) is 6.10. The molecule has 0 saturated carbocycles. The third kappa shape index (κ3) is 2.48. The Kier molecular flexibility index (Phi) is 3.56. The number of aryl methyl sites for hydroxylation is 1. The lowest BCUT2D eigenvalue weighted by Crippen LogP contribution is -2.17. The van der Waals surface area contributed by atoms with Crippen LogP contribution in [0.15, 0.2) is 53.1 Å². The van der Waals surface area contributed by atoms with E-state index in [2.05, 4.69) is 0 Å². The van der Waals surface area contributed by atoms with Gasteiger partial charge in [0.15, 0.2) is 11.6 Å². The Balaban J connectivity index is 2.16. The molecule has 1 aliphatic carbocycles. The molecule has 0 aromatic heterocycles. The molecule has 18 heavy (non-hydrogen) atoms.